The summed E-state index contributed by atoms with van der Waals surface area (Å²) < 4.78 is 7.07. The molecule has 0 aliphatic carbocycles. The number of carbonyl (C=O) groups excluding carboxylic acids is 2. The Kier molecular flexibility index (Phi) is 4.92. The number of pyridine rings is 1. The number of aryl methyl sites for hydroxylation is 1. The van der Waals surface area contributed by atoms with Crippen LogP contribution in [0.4, 0.5) is 4.79 Å². The zero-order valence-corrected chi connectivity index (χ0v) is 17.8. The first-order chi connectivity index (χ1) is 14.2. The first-order valence-corrected chi connectivity index (χ1v) is 10.3. The van der Waals surface area contributed by atoms with Gasteiger partial charge in [-0.3, -0.25) is 14.2 Å². The number of amides is 2. The predicted octanol–water partition coefficient (Wildman–Crippen LogP) is 2.94. The molecule has 1 atom stereocenters. The Morgan fingerprint density at radius 3 is 2.60 bits per heavy atom. The maximum absolute atomic E-state index is 13.3. The summed E-state index contributed by atoms with van der Waals surface area (Å²) in [6.45, 7) is 7.19. The van der Waals surface area contributed by atoms with Crippen molar-refractivity contribution in [2.24, 2.45) is 0 Å². The van der Waals surface area contributed by atoms with E-state index in [4.69, 9.17) is 4.74 Å². The van der Waals surface area contributed by atoms with Gasteiger partial charge in [0.15, 0.2) is 5.60 Å². The summed E-state index contributed by atoms with van der Waals surface area (Å²) in [7, 11) is 1.69. The van der Waals surface area contributed by atoms with Gasteiger partial charge >= 0.3 is 6.09 Å². The third-order valence-electron chi connectivity index (χ3n) is 6.07. The van der Waals surface area contributed by atoms with Crippen LogP contribution in [0.1, 0.15) is 47.7 Å². The second-order valence-corrected chi connectivity index (χ2v) is 8.68. The van der Waals surface area contributed by atoms with Crippen LogP contribution < -0.4 is 5.56 Å². The van der Waals surface area contributed by atoms with Gasteiger partial charge in [0.25, 0.3) is 11.5 Å². The lowest BCUT2D eigenvalue weighted by Gasteiger charge is -2.22. The van der Waals surface area contributed by atoms with E-state index in [9.17, 15) is 14.4 Å². The maximum Gasteiger partial charge on any atom is 0.410 e. The Morgan fingerprint density at radius 1 is 1.17 bits per heavy atom. The number of hydrogen-bond donors (Lipinski definition) is 0. The van der Waals surface area contributed by atoms with E-state index in [1.807, 2.05) is 24.3 Å². The van der Waals surface area contributed by atoms with E-state index in [2.05, 4.69) is 13.8 Å². The second kappa shape index (κ2) is 7.31. The zero-order chi connectivity index (χ0) is 21.6. The minimum absolute atomic E-state index is 0.169. The Morgan fingerprint density at radius 2 is 1.93 bits per heavy atom. The molecule has 1 aromatic carbocycles. The summed E-state index contributed by atoms with van der Waals surface area (Å²) >= 11 is 0. The summed E-state index contributed by atoms with van der Waals surface area (Å²) in [6, 6.07) is 9.60. The number of ether oxygens (including phenoxy) is 1. The van der Waals surface area contributed by atoms with Crippen molar-refractivity contribution >= 4 is 12.0 Å². The van der Waals surface area contributed by atoms with Crippen molar-refractivity contribution in [2.45, 2.75) is 38.7 Å². The molecule has 7 heteroatoms. The highest BCUT2D eigenvalue weighted by atomic mass is 16.6. The molecule has 2 aliphatic rings. The number of likely N-dealkylation sites (N-methyl/N-ethyl adjacent to an activating group) is 1. The van der Waals surface area contributed by atoms with E-state index in [-0.39, 0.29) is 23.1 Å². The third-order valence-corrected chi connectivity index (χ3v) is 6.07. The molecule has 0 radical (unpaired) electrons. The molecule has 0 bridgehead atoms. The monoisotopic (exact) mass is 409 g/mol. The van der Waals surface area contributed by atoms with Crippen LogP contribution in [0.2, 0.25) is 0 Å². The first kappa shape index (κ1) is 20.2. The molecule has 3 heterocycles. The molecule has 158 valence electrons. The van der Waals surface area contributed by atoms with Crippen LogP contribution in [-0.2, 0) is 4.74 Å². The van der Waals surface area contributed by atoms with Gasteiger partial charge in [0, 0.05) is 31.9 Å². The van der Waals surface area contributed by atoms with Gasteiger partial charge in [-0.05, 0) is 42.2 Å². The van der Waals surface area contributed by atoms with E-state index < -0.39 is 5.60 Å². The van der Waals surface area contributed by atoms with E-state index in [0.29, 0.717) is 37.5 Å². The Labute approximate surface area is 175 Å². The maximum atomic E-state index is 13.3. The molecule has 30 heavy (non-hydrogen) atoms. The fraction of sp³-hybridized carbons (Fsp3) is 0.435. The molecule has 1 aromatic heterocycles. The number of benzene rings is 1. The van der Waals surface area contributed by atoms with Crippen molar-refractivity contribution in [3.05, 3.63) is 63.6 Å². The van der Waals surface area contributed by atoms with E-state index in [1.54, 1.807) is 31.1 Å². The second-order valence-electron chi connectivity index (χ2n) is 8.68. The molecule has 7 nitrogen and oxygen atoms in total. The fourth-order valence-corrected chi connectivity index (χ4v) is 4.30. The van der Waals surface area contributed by atoms with E-state index in [0.717, 1.165) is 11.3 Å². The highest BCUT2D eigenvalue weighted by Gasteiger charge is 2.49. The minimum Gasteiger partial charge on any atom is -0.439 e. The molecule has 2 amide bonds. The molecule has 2 aromatic rings. The summed E-state index contributed by atoms with van der Waals surface area (Å²) in [4.78, 5) is 41.6. The van der Waals surface area contributed by atoms with Crippen LogP contribution in [0.15, 0.2) is 41.3 Å². The summed E-state index contributed by atoms with van der Waals surface area (Å²) in [5.74, 6) is 0.0228. The molecule has 0 saturated carbocycles. The molecule has 2 fully saturated rings. The fourth-order valence-electron chi connectivity index (χ4n) is 4.30. The number of hydrogen-bond acceptors (Lipinski definition) is 4. The lowest BCUT2D eigenvalue weighted by molar-refractivity contribution is 0.0551. The highest BCUT2D eigenvalue weighted by molar-refractivity contribution is 5.95. The average Bonchev–Trinajstić information content (AvgIpc) is 3.23. The van der Waals surface area contributed by atoms with Crippen LogP contribution in [-0.4, -0.2) is 58.7 Å². The highest BCUT2D eigenvalue weighted by Crippen LogP contribution is 2.32. The third kappa shape index (κ3) is 3.38. The molecule has 1 spiro atoms. The van der Waals surface area contributed by atoms with Crippen molar-refractivity contribution in [3.63, 3.8) is 0 Å². The first-order valence-electron chi connectivity index (χ1n) is 10.3. The number of aromatic nitrogens is 1. The number of likely N-dealkylation sites (tertiary alicyclic amines) is 1. The Hall–Kier alpha value is -3.09. The van der Waals surface area contributed by atoms with Gasteiger partial charge in [0.05, 0.1) is 13.1 Å². The summed E-state index contributed by atoms with van der Waals surface area (Å²) in [5.41, 5.74) is 1.67. The Bertz CT molecular complexity index is 1070. The van der Waals surface area contributed by atoms with Crippen LogP contribution in [0.25, 0.3) is 5.69 Å². The molecule has 1 unspecified atom stereocenters. The van der Waals surface area contributed by atoms with Crippen LogP contribution >= 0.6 is 0 Å². The van der Waals surface area contributed by atoms with Crippen molar-refractivity contribution < 1.29 is 14.3 Å². The quantitative estimate of drug-likeness (QED) is 0.781. The number of nitrogens with zero attached hydrogens (tertiary/aromatic N) is 3. The Balaban J connectivity index is 1.66. The van der Waals surface area contributed by atoms with Gasteiger partial charge in [0.2, 0.25) is 0 Å². The van der Waals surface area contributed by atoms with Gasteiger partial charge in [-0.25, -0.2) is 4.79 Å². The topological polar surface area (TPSA) is 71.9 Å². The molecule has 2 saturated heterocycles. The van der Waals surface area contributed by atoms with Crippen LogP contribution in [0.3, 0.4) is 0 Å². The minimum atomic E-state index is -0.672. The van der Waals surface area contributed by atoms with Crippen LogP contribution in [0.5, 0.6) is 0 Å². The summed E-state index contributed by atoms with van der Waals surface area (Å²) in [6.07, 6.45) is 1.92. The smallest absolute Gasteiger partial charge is 0.410 e. The van der Waals surface area contributed by atoms with E-state index in [1.165, 1.54) is 9.47 Å². The van der Waals surface area contributed by atoms with E-state index >= 15 is 0 Å². The zero-order valence-electron chi connectivity index (χ0n) is 17.8. The standard InChI is InChI=1S/C23H27N3O4/c1-15(2)17-6-5-7-18(12-17)26-10-8-16(3)19(21(26)28)20(27)25-11-9-23(14-25)13-24(4)22(29)30-23/h5-8,10,12,15H,9,11,13-14H2,1-4H3. The normalized spacial score (nSPS) is 21.0. The van der Waals surface area contributed by atoms with Gasteiger partial charge in [-0.15, -0.1) is 0 Å². The summed E-state index contributed by atoms with van der Waals surface area (Å²) in [5, 5.41) is 0. The molecule has 4 rings (SSSR count). The van der Waals surface area contributed by atoms with Gasteiger partial charge in [0.1, 0.15) is 5.56 Å². The molecule has 2 aliphatic heterocycles. The van der Waals surface area contributed by atoms with Gasteiger partial charge in [-0.1, -0.05) is 26.0 Å². The molecular formula is C23H27N3O4. The van der Waals surface area contributed by atoms with Gasteiger partial charge < -0.3 is 14.5 Å². The van der Waals surface area contributed by atoms with Crippen molar-refractivity contribution in [3.8, 4) is 5.69 Å². The predicted molar refractivity (Wildman–Crippen MR) is 113 cm³/mol. The lowest BCUT2D eigenvalue weighted by atomic mass is 10.0. The van der Waals surface area contributed by atoms with Crippen molar-refractivity contribution in [1.29, 1.82) is 0 Å². The van der Waals surface area contributed by atoms with Crippen molar-refractivity contribution in [2.75, 3.05) is 26.7 Å². The average molecular weight is 409 g/mol. The van der Waals surface area contributed by atoms with Crippen molar-refractivity contribution in [1.82, 2.24) is 14.4 Å². The number of rotatable bonds is 3. The lowest BCUT2D eigenvalue weighted by Crippen LogP contribution is -2.41. The molecule has 0 N–H and O–H groups in total. The van der Waals surface area contributed by atoms with Gasteiger partial charge in [-0.2, -0.15) is 0 Å². The molecular weight excluding hydrogens is 382 g/mol. The largest absolute Gasteiger partial charge is 0.439 e. The SMILES string of the molecule is Cc1ccn(-c2cccc(C(C)C)c2)c(=O)c1C(=O)N1CCC2(CN(C)C(=O)O2)C1. The van der Waals surface area contributed by atoms with Crippen LogP contribution in [0, 0.1) is 6.92 Å². The number of carbonyl (C=O) groups is 2.